The third kappa shape index (κ3) is 4.06. The number of hydrogen-bond donors (Lipinski definition) is 0. The molecule has 2 heteroatoms. The van der Waals surface area contributed by atoms with Crippen molar-refractivity contribution in [3.05, 3.63) is 11.6 Å². The summed E-state index contributed by atoms with van der Waals surface area (Å²) in [5.41, 5.74) is 0.189. The Morgan fingerprint density at radius 2 is 1.33 bits per heavy atom. The van der Waals surface area contributed by atoms with Crippen LogP contribution in [0.4, 0.5) is 0 Å². The van der Waals surface area contributed by atoms with Crippen LogP contribution in [0.2, 0.25) is 0 Å². The maximum atomic E-state index is 11.0. The summed E-state index contributed by atoms with van der Waals surface area (Å²) in [6, 6.07) is 0. The van der Waals surface area contributed by atoms with Crippen molar-refractivity contribution in [2.45, 2.75) is 34.6 Å². The van der Waals surface area contributed by atoms with Gasteiger partial charge in [-0.1, -0.05) is 26.8 Å². The van der Waals surface area contributed by atoms with E-state index < -0.39 is 0 Å². The quantitative estimate of drug-likeness (QED) is 0.359. The summed E-state index contributed by atoms with van der Waals surface area (Å²) in [5, 5.41) is 0. The Balaban J connectivity index is 4.88. The molecule has 0 atom stereocenters. The van der Waals surface area contributed by atoms with E-state index in [4.69, 9.17) is 0 Å². The second-order valence-electron chi connectivity index (χ2n) is 4.04. The van der Waals surface area contributed by atoms with Gasteiger partial charge in [-0.05, 0) is 19.3 Å². The Morgan fingerprint density at radius 1 is 1.00 bits per heavy atom. The first-order valence-corrected chi connectivity index (χ1v) is 3.99. The minimum atomic E-state index is -0.155. The molecule has 68 valence electrons. The van der Waals surface area contributed by atoms with Crippen molar-refractivity contribution < 1.29 is 9.59 Å². The van der Waals surface area contributed by atoms with Crippen LogP contribution in [0.25, 0.3) is 0 Å². The Hall–Kier alpha value is -0.920. The zero-order valence-corrected chi connectivity index (χ0v) is 8.39. The van der Waals surface area contributed by atoms with Gasteiger partial charge in [0.2, 0.25) is 0 Å². The second kappa shape index (κ2) is 3.65. The van der Waals surface area contributed by atoms with Crippen molar-refractivity contribution >= 4 is 11.6 Å². The molecule has 0 aliphatic carbocycles. The van der Waals surface area contributed by atoms with E-state index in [0.29, 0.717) is 5.57 Å². The highest BCUT2D eigenvalue weighted by atomic mass is 16.1. The van der Waals surface area contributed by atoms with Gasteiger partial charge in [0.05, 0.1) is 5.57 Å². The van der Waals surface area contributed by atoms with E-state index in [-0.39, 0.29) is 17.0 Å². The summed E-state index contributed by atoms with van der Waals surface area (Å²) in [4.78, 5) is 21.9. The van der Waals surface area contributed by atoms with Gasteiger partial charge in [0, 0.05) is 0 Å². The van der Waals surface area contributed by atoms with Crippen molar-refractivity contribution in [1.82, 2.24) is 0 Å². The molecule has 0 bridgehead atoms. The van der Waals surface area contributed by atoms with Crippen LogP contribution >= 0.6 is 0 Å². The van der Waals surface area contributed by atoms with Gasteiger partial charge < -0.3 is 0 Å². The van der Waals surface area contributed by atoms with E-state index in [2.05, 4.69) is 0 Å². The van der Waals surface area contributed by atoms with Crippen molar-refractivity contribution in [2.75, 3.05) is 0 Å². The SMILES string of the molecule is CC(=O)C(=CC(C)(C)C)C(C)=O. The molecule has 12 heavy (non-hydrogen) atoms. The van der Waals surface area contributed by atoms with Gasteiger partial charge in [0.15, 0.2) is 11.6 Å². The number of rotatable bonds is 2. The number of hydrogen-bond acceptors (Lipinski definition) is 2. The number of allylic oxidation sites excluding steroid dienone is 2. The summed E-state index contributed by atoms with van der Waals surface area (Å²) in [7, 11) is 0. The molecule has 0 unspecified atom stereocenters. The molecule has 2 nitrogen and oxygen atoms in total. The van der Waals surface area contributed by atoms with Crippen LogP contribution in [-0.2, 0) is 9.59 Å². The predicted molar refractivity (Wildman–Crippen MR) is 48.9 cm³/mol. The van der Waals surface area contributed by atoms with Crippen LogP contribution in [0.1, 0.15) is 34.6 Å². The summed E-state index contributed by atoms with van der Waals surface area (Å²) in [6.07, 6.45) is 1.72. The van der Waals surface area contributed by atoms with Gasteiger partial charge in [-0.3, -0.25) is 9.59 Å². The van der Waals surface area contributed by atoms with Crippen molar-refractivity contribution in [2.24, 2.45) is 5.41 Å². The van der Waals surface area contributed by atoms with Crippen LogP contribution in [-0.4, -0.2) is 11.6 Å². The standard InChI is InChI=1S/C10H16O2/c1-7(11)9(8(2)12)6-10(3,4)5/h6H,1-5H3. The van der Waals surface area contributed by atoms with E-state index in [0.717, 1.165) is 0 Å². The summed E-state index contributed by atoms with van der Waals surface area (Å²) < 4.78 is 0. The number of carbonyl (C=O) groups excluding carboxylic acids is 2. The highest BCUT2D eigenvalue weighted by Gasteiger charge is 2.14. The van der Waals surface area contributed by atoms with Crippen molar-refractivity contribution in [1.29, 1.82) is 0 Å². The maximum Gasteiger partial charge on any atom is 0.163 e. The lowest BCUT2D eigenvalue weighted by atomic mass is 9.91. The molecule has 0 radical (unpaired) electrons. The van der Waals surface area contributed by atoms with Gasteiger partial charge >= 0.3 is 0 Å². The molecule has 0 aromatic carbocycles. The zero-order chi connectivity index (χ0) is 9.94. The molecule has 0 aromatic rings. The van der Waals surface area contributed by atoms with Crippen LogP contribution < -0.4 is 0 Å². The average molecular weight is 168 g/mol. The van der Waals surface area contributed by atoms with Crippen LogP contribution in [0.3, 0.4) is 0 Å². The van der Waals surface area contributed by atoms with Crippen LogP contribution in [0.15, 0.2) is 11.6 Å². The predicted octanol–water partition coefficient (Wildman–Crippen LogP) is 2.14. The van der Waals surface area contributed by atoms with Crippen LogP contribution in [0, 0.1) is 5.41 Å². The Kier molecular flexibility index (Phi) is 3.37. The minimum absolute atomic E-state index is 0.118. The molecule has 0 aliphatic heterocycles. The fraction of sp³-hybridized carbons (Fsp3) is 0.600. The molecule has 0 fully saturated rings. The fourth-order valence-electron chi connectivity index (χ4n) is 0.884. The van der Waals surface area contributed by atoms with E-state index >= 15 is 0 Å². The lowest BCUT2D eigenvalue weighted by Gasteiger charge is -2.13. The number of carbonyl (C=O) groups is 2. The highest BCUT2D eigenvalue weighted by molar-refractivity contribution is 6.18. The number of Topliss-reactive ketones (excluding diaryl/α,β-unsaturated/α-hetero) is 2. The normalized spacial score (nSPS) is 10.8. The van der Waals surface area contributed by atoms with Crippen molar-refractivity contribution in [3.8, 4) is 0 Å². The topological polar surface area (TPSA) is 34.1 Å². The minimum Gasteiger partial charge on any atom is -0.294 e. The molecule has 0 aliphatic rings. The van der Waals surface area contributed by atoms with Crippen LogP contribution in [0.5, 0.6) is 0 Å². The van der Waals surface area contributed by atoms with Gasteiger partial charge in [-0.15, -0.1) is 0 Å². The molecule has 0 saturated carbocycles. The largest absolute Gasteiger partial charge is 0.294 e. The third-order valence-corrected chi connectivity index (χ3v) is 1.34. The smallest absolute Gasteiger partial charge is 0.163 e. The molecule has 0 N–H and O–H groups in total. The van der Waals surface area contributed by atoms with Gasteiger partial charge in [-0.2, -0.15) is 0 Å². The Morgan fingerprint density at radius 3 is 1.42 bits per heavy atom. The van der Waals surface area contributed by atoms with E-state index in [9.17, 15) is 9.59 Å². The molecular weight excluding hydrogens is 152 g/mol. The fourth-order valence-corrected chi connectivity index (χ4v) is 0.884. The third-order valence-electron chi connectivity index (χ3n) is 1.34. The molecule has 0 aromatic heterocycles. The summed E-state index contributed by atoms with van der Waals surface area (Å²) in [6.45, 7) is 8.70. The van der Waals surface area contributed by atoms with Gasteiger partial charge in [0.1, 0.15) is 0 Å². The first-order valence-electron chi connectivity index (χ1n) is 3.99. The van der Waals surface area contributed by atoms with E-state index in [1.165, 1.54) is 13.8 Å². The molecule has 0 spiro atoms. The van der Waals surface area contributed by atoms with Gasteiger partial charge in [-0.25, -0.2) is 0 Å². The second-order valence-corrected chi connectivity index (χ2v) is 4.04. The lowest BCUT2D eigenvalue weighted by Crippen LogP contribution is -2.11. The molecule has 0 saturated heterocycles. The Bertz CT molecular complexity index is 213. The lowest BCUT2D eigenvalue weighted by molar-refractivity contribution is -0.119. The molecular formula is C10H16O2. The van der Waals surface area contributed by atoms with E-state index in [1.807, 2.05) is 20.8 Å². The maximum absolute atomic E-state index is 11.0. The average Bonchev–Trinajstić information content (AvgIpc) is 1.79. The zero-order valence-electron chi connectivity index (χ0n) is 8.39. The monoisotopic (exact) mass is 168 g/mol. The van der Waals surface area contributed by atoms with Gasteiger partial charge in [0.25, 0.3) is 0 Å². The first kappa shape index (κ1) is 11.1. The highest BCUT2D eigenvalue weighted by Crippen LogP contribution is 2.18. The first-order chi connectivity index (χ1) is 5.24. The van der Waals surface area contributed by atoms with Crippen molar-refractivity contribution in [3.63, 3.8) is 0 Å². The molecule has 0 amide bonds. The summed E-state index contributed by atoms with van der Waals surface area (Å²) >= 11 is 0. The Labute approximate surface area is 73.7 Å². The molecule has 0 heterocycles. The number of ketones is 2. The van der Waals surface area contributed by atoms with E-state index in [1.54, 1.807) is 6.08 Å². The summed E-state index contributed by atoms with van der Waals surface area (Å²) in [5.74, 6) is -0.310. The molecule has 0 rings (SSSR count).